The van der Waals surface area contributed by atoms with Gasteiger partial charge in [-0.25, -0.2) is 4.39 Å². The van der Waals surface area contributed by atoms with E-state index in [-0.39, 0.29) is 11.5 Å². The SMILES string of the molecule is CC(C)C1(CNCc2ccc(N)c(F)c2)CC1. The maximum Gasteiger partial charge on any atom is 0.146 e. The van der Waals surface area contributed by atoms with Crippen LogP contribution in [0.2, 0.25) is 0 Å². The van der Waals surface area contributed by atoms with Gasteiger partial charge in [0.15, 0.2) is 0 Å². The molecular weight excluding hydrogens is 215 g/mol. The normalized spacial score (nSPS) is 17.4. The molecule has 1 aliphatic rings. The summed E-state index contributed by atoms with van der Waals surface area (Å²) in [7, 11) is 0. The van der Waals surface area contributed by atoms with Crippen LogP contribution < -0.4 is 11.1 Å². The van der Waals surface area contributed by atoms with Gasteiger partial charge in [-0.15, -0.1) is 0 Å². The van der Waals surface area contributed by atoms with Crippen molar-refractivity contribution in [2.75, 3.05) is 12.3 Å². The van der Waals surface area contributed by atoms with Gasteiger partial charge in [0.1, 0.15) is 5.82 Å². The minimum absolute atomic E-state index is 0.217. The number of nitrogens with one attached hydrogen (secondary N) is 1. The first-order valence-electron chi connectivity index (χ1n) is 6.28. The van der Waals surface area contributed by atoms with Gasteiger partial charge in [-0.2, -0.15) is 0 Å². The largest absolute Gasteiger partial charge is 0.396 e. The summed E-state index contributed by atoms with van der Waals surface area (Å²) in [6.07, 6.45) is 2.63. The molecule has 0 aliphatic heterocycles. The molecule has 1 saturated carbocycles. The van der Waals surface area contributed by atoms with E-state index in [1.165, 1.54) is 18.9 Å². The number of rotatable bonds is 5. The fraction of sp³-hybridized carbons (Fsp3) is 0.571. The van der Waals surface area contributed by atoms with E-state index in [0.29, 0.717) is 12.0 Å². The number of nitrogens with two attached hydrogens (primary N) is 1. The molecule has 0 unspecified atom stereocenters. The molecule has 0 radical (unpaired) electrons. The third-order valence-electron chi connectivity index (χ3n) is 3.99. The number of nitrogen functional groups attached to an aromatic ring is 1. The van der Waals surface area contributed by atoms with E-state index in [4.69, 9.17) is 5.73 Å². The van der Waals surface area contributed by atoms with Gasteiger partial charge in [0.05, 0.1) is 5.69 Å². The summed E-state index contributed by atoms with van der Waals surface area (Å²) in [6.45, 7) is 6.29. The molecule has 1 aliphatic carbocycles. The highest BCUT2D eigenvalue weighted by Gasteiger charge is 2.44. The van der Waals surface area contributed by atoms with Crippen LogP contribution in [-0.4, -0.2) is 6.54 Å². The highest BCUT2D eigenvalue weighted by Crippen LogP contribution is 2.51. The van der Waals surface area contributed by atoms with Gasteiger partial charge >= 0.3 is 0 Å². The topological polar surface area (TPSA) is 38.0 Å². The Labute approximate surface area is 102 Å². The predicted molar refractivity (Wildman–Crippen MR) is 69.0 cm³/mol. The minimum Gasteiger partial charge on any atom is -0.396 e. The summed E-state index contributed by atoms with van der Waals surface area (Å²) in [5.41, 5.74) is 7.11. The summed E-state index contributed by atoms with van der Waals surface area (Å²) in [5, 5.41) is 3.42. The summed E-state index contributed by atoms with van der Waals surface area (Å²) in [6, 6.07) is 5.01. The maximum atomic E-state index is 13.2. The van der Waals surface area contributed by atoms with Gasteiger partial charge in [-0.05, 0) is 41.9 Å². The Morgan fingerprint density at radius 2 is 2.12 bits per heavy atom. The zero-order valence-corrected chi connectivity index (χ0v) is 10.6. The Morgan fingerprint density at radius 1 is 1.41 bits per heavy atom. The van der Waals surface area contributed by atoms with E-state index >= 15 is 0 Å². The van der Waals surface area contributed by atoms with E-state index in [0.717, 1.165) is 18.0 Å². The highest BCUT2D eigenvalue weighted by atomic mass is 19.1. The molecule has 2 nitrogen and oxygen atoms in total. The van der Waals surface area contributed by atoms with Gasteiger partial charge in [0.25, 0.3) is 0 Å². The van der Waals surface area contributed by atoms with E-state index < -0.39 is 0 Å². The van der Waals surface area contributed by atoms with Crippen molar-refractivity contribution in [3.05, 3.63) is 29.6 Å². The van der Waals surface area contributed by atoms with E-state index in [1.54, 1.807) is 6.07 Å². The summed E-state index contributed by atoms with van der Waals surface area (Å²) in [4.78, 5) is 0. The molecular formula is C14H21FN2. The fourth-order valence-corrected chi connectivity index (χ4v) is 2.26. The van der Waals surface area contributed by atoms with Crippen molar-refractivity contribution >= 4 is 5.69 Å². The van der Waals surface area contributed by atoms with Crippen LogP contribution in [0, 0.1) is 17.2 Å². The molecule has 17 heavy (non-hydrogen) atoms. The van der Waals surface area contributed by atoms with Crippen LogP contribution in [0.25, 0.3) is 0 Å². The van der Waals surface area contributed by atoms with Crippen molar-refractivity contribution in [3.63, 3.8) is 0 Å². The van der Waals surface area contributed by atoms with Gasteiger partial charge in [0, 0.05) is 13.1 Å². The second kappa shape index (κ2) is 4.65. The molecule has 3 N–H and O–H groups in total. The van der Waals surface area contributed by atoms with Crippen LogP contribution in [0.15, 0.2) is 18.2 Å². The van der Waals surface area contributed by atoms with Crippen LogP contribution in [0.4, 0.5) is 10.1 Å². The van der Waals surface area contributed by atoms with Crippen molar-refractivity contribution < 1.29 is 4.39 Å². The molecule has 0 heterocycles. The fourth-order valence-electron chi connectivity index (χ4n) is 2.26. The molecule has 1 fully saturated rings. The van der Waals surface area contributed by atoms with Crippen LogP contribution in [0.5, 0.6) is 0 Å². The van der Waals surface area contributed by atoms with Crippen molar-refractivity contribution in [1.82, 2.24) is 5.32 Å². The zero-order valence-electron chi connectivity index (χ0n) is 10.6. The Morgan fingerprint density at radius 3 is 2.65 bits per heavy atom. The lowest BCUT2D eigenvalue weighted by molar-refractivity contribution is 0.337. The lowest BCUT2D eigenvalue weighted by Gasteiger charge is -2.20. The Bertz CT molecular complexity index is 397. The summed E-state index contributed by atoms with van der Waals surface area (Å²) in [5.74, 6) is 0.396. The van der Waals surface area contributed by atoms with Crippen molar-refractivity contribution in [2.45, 2.75) is 33.2 Å². The quantitative estimate of drug-likeness (QED) is 0.771. The standard InChI is InChI=1S/C14H21FN2/c1-10(2)14(5-6-14)9-17-8-11-3-4-13(16)12(15)7-11/h3-4,7,10,17H,5-6,8-9,16H2,1-2H3. The van der Waals surface area contributed by atoms with Crippen molar-refractivity contribution in [3.8, 4) is 0 Å². The molecule has 0 bridgehead atoms. The Kier molecular flexibility index (Phi) is 3.38. The molecule has 3 heteroatoms. The molecule has 1 aromatic rings. The molecule has 0 aromatic heterocycles. The second-order valence-corrected chi connectivity index (χ2v) is 5.48. The predicted octanol–water partition coefficient (Wildman–Crippen LogP) is 2.93. The molecule has 0 saturated heterocycles. The highest BCUT2D eigenvalue weighted by molar-refractivity contribution is 5.41. The monoisotopic (exact) mass is 236 g/mol. The lowest BCUT2D eigenvalue weighted by atomic mass is 9.92. The molecule has 0 amide bonds. The molecule has 0 atom stereocenters. The second-order valence-electron chi connectivity index (χ2n) is 5.48. The molecule has 2 rings (SSSR count). The zero-order chi connectivity index (χ0) is 12.5. The smallest absolute Gasteiger partial charge is 0.146 e. The average Bonchev–Trinajstić information content (AvgIpc) is 3.04. The third-order valence-corrected chi connectivity index (χ3v) is 3.99. The molecule has 0 spiro atoms. The van der Waals surface area contributed by atoms with Crippen molar-refractivity contribution in [2.24, 2.45) is 11.3 Å². The number of benzene rings is 1. The summed E-state index contributed by atoms with van der Waals surface area (Å²) >= 11 is 0. The first kappa shape index (κ1) is 12.4. The van der Waals surface area contributed by atoms with E-state index in [1.807, 2.05) is 6.07 Å². The van der Waals surface area contributed by atoms with Gasteiger partial charge < -0.3 is 11.1 Å². The van der Waals surface area contributed by atoms with Crippen molar-refractivity contribution in [1.29, 1.82) is 0 Å². The number of hydrogen-bond donors (Lipinski definition) is 2. The average molecular weight is 236 g/mol. The summed E-state index contributed by atoms with van der Waals surface area (Å²) < 4.78 is 13.2. The minimum atomic E-state index is -0.325. The first-order chi connectivity index (χ1) is 8.03. The van der Waals surface area contributed by atoms with Crippen LogP contribution in [-0.2, 0) is 6.54 Å². The maximum absolute atomic E-state index is 13.2. The van der Waals surface area contributed by atoms with Gasteiger partial charge in [0.2, 0.25) is 0 Å². The Balaban J connectivity index is 1.84. The van der Waals surface area contributed by atoms with Gasteiger partial charge in [-0.3, -0.25) is 0 Å². The third kappa shape index (κ3) is 2.78. The van der Waals surface area contributed by atoms with Gasteiger partial charge in [-0.1, -0.05) is 19.9 Å². The number of hydrogen-bond acceptors (Lipinski definition) is 2. The number of anilines is 1. The lowest BCUT2D eigenvalue weighted by Crippen LogP contribution is -2.27. The van der Waals surface area contributed by atoms with Crippen LogP contribution in [0.3, 0.4) is 0 Å². The van der Waals surface area contributed by atoms with Crippen LogP contribution in [0.1, 0.15) is 32.3 Å². The first-order valence-corrected chi connectivity index (χ1v) is 6.28. The van der Waals surface area contributed by atoms with E-state index in [2.05, 4.69) is 19.2 Å². The number of halogens is 1. The molecule has 1 aromatic carbocycles. The molecule has 94 valence electrons. The van der Waals surface area contributed by atoms with E-state index in [9.17, 15) is 4.39 Å². The van der Waals surface area contributed by atoms with Crippen LogP contribution >= 0.6 is 0 Å². The Hall–Kier alpha value is -1.09.